The standard InChI is InChI=1S/C9H13N3O3S.C9H14N2OS.2CH4.B/c1-7-4-5-9(6-10-7)8(2)16(3,15)11-12(13)14;1-7-4-5-9(6-11-7)8(2)13(3,10)12;;;/h4-6,8H,1-3H3;4-6,8,10H,1-3H3;2*1H4;. The fraction of sp³-hybridized carbons (Fsp3) is 0.500. The van der Waals surface area contributed by atoms with Crippen molar-refractivity contribution in [2.75, 3.05) is 12.5 Å². The zero-order valence-electron chi connectivity index (χ0n) is 17.9. The van der Waals surface area contributed by atoms with E-state index >= 15 is 0 Å². The molecule has 2 aromatic heterocycles. The van der Waals surface area contributed by atoms with Crippen molar-refractivity contribution in [3.8, 4) is 0 Å². The summed E-state index contributed by atoms with van der Waals surface area (Å²) in [6.07, 6.45) is 5.99. The molecule has 1 N–H and O–H groups in total. The number of aryl methyl sites for hydroxylation is 2. The van der Waals surface area contributed by atoms with Crippen LogP contribution in [0.15, 0.2) is 41.1 Å². The number of hydrogen-bond donors (Lipinski definition) is 1. The minimum Gasteiger partial charge on any atom is -0.261 e. The van der Waals surface area contributed by atoms with Crippen LogP contribution in [0.1, 0.15) is 61.7 Å². The van der Waals surface area contributed by atoms with Crippen molar-refractivity contribution in [2.45, 2.75) is 53.0 Å². The van der Waals surface area contributed by atoms with E-state index in [4.69, 9.17) is 4.78 Å². The first-order valence-electron chi connectivity index (χ1n) is 8.67. The van der Waals surface area contributed by atoms with Gasteiger partial charge in [-0.1, -0.05) is 27.0 Å². The third-order valence-corrected chi connectivity index (χ3v) is 8.03. The minimum atomic E-state index is -2.89. The van der Waals surface area contributed by atoms with Crippen molar-refractivity contribution in [2.24, 2.45) is 4.47 Å². The molecule has 0 spiro atoms. The topological polar surface area (TPSA) is 139 Å². The van der Waals surface area contributed by atoms with Crippen LogP contribution in [0.3, 0.4) is 0 Å². The van der Waals surface area contributed by atoms with Gasteiger partial charge in [-0.2, -0.15) is 0 Å². The quantitative estimate of drug-likeness (QED) is 0.369. The Morgan fingerprint density at radius 2 is 1.31 bits per heavy atom. The van der Waals surface area contributed by atoms with Gasteiger partial charge >= 0.3 is 0 Å². The summed E-state index contributed by atoms with van der Waals surface area (Å²) >= 11 is 0. The fourth-order valence-corrected chi connectivity index (χ4v) is 3.86. The third kappa shape index (κ3) is 10.8. The van der Waals surface area contributed by atoms with E-state index in [0.717, 1.165) is 17.0 Å². The largest absolute Gasteiger partial charge is 0.261 e. The van der Waals surface area contributed by atoms with Crippen molar-refractivity contribution in [1.29, 1.82) is 4.78 Å². The lowest BCUT2D eigenvalue weighted by Crippen LogP contribution is -2.10. The molecule has 2 aromatic rings. The fourth-order valence-electron chi connectivity index (χ4n) is 2.15. The molecular weight excluding hydrogens is 449 g/mol. The normalized spacial score (nSPS) is 15.3. The lowest BCUT2D eigenvalue weighted by Gasteiger charge is -2.11. The Hall–Kier alpha value is -2.34. The van der Waals surface area contributed by atoms with Crippen LogP contribution in [-0.2, 0) is 19.5 Å². The third-order valence-electron chi connectivity index (χ3n) is 4.37. The minimum absolute atomic E-state index is 0. The summed E-state index contributed by atoms with van der Waals surface area (Å²) < 4.78 is 33.8. The summed E-state index contributed by atoms with van der Waals surface area (Å²) in [6, 6.07) is 7.28. The van der Waals surface area contributed by atoms with E-state index in [2.05, 4.69) is 14.4 Å². The van der Waals surface area contributed by atoms with Gasteiger partial charge < -0.3 is 0 Å². The van der Waals surface area contributed by atoms with Gasteiger partial charge in [-0.15, -0.1) is 0 Å². The first-order valence-corrected chi connectivity index (χ1v) is 12.7. The smallest absolute Gasteiger partial charge is 0.199 e. The van der Waals surface area contributed by atoms with E-state index in [1.54, 1.807) is 38.4 Å². The van der Waals surface area contributed by atoms with Crippen LogP contribution in [0.25, 0.3) is 0 Å². The van der Waals surface area contributed by atoms with Gasteiger partial charge in [0.05, 0.1) is 10.5 Å². The number of nitrogens with one attached hydrogen (secondary N) is 1. The van der Waals surface area contributed by atoms with E-state index in [1.807, 2.05) is 26.0 Å². The second-order valence-corrected chi connectivity index (χ2v) is 11.9. The number of nitro groups is 1. The summed E-state index contributed by atoms with van der Waals surface area (Å²) in [7, 11) is -5.40. The van der Waals surface area contributed by atoms with Crippen molar-refractivity contribution in [1.82, 2.24) is 9.97 Å². The first kappa shape index (κ1) is 34.3. The van der Waals surface area contributed by atoms with Crippen LogP contribution in [-0.4, -0.2) is 44.3 Å². The van der Waals surface area contributed by atoms with Crippen LogP contribution in [0.2, 0.25) is 0 Å². The van der Waals surface area contributed by atoms with Gasteiger partial charge in [0.25, 0.3) is 0 Å². The van der Waals surface area contributed by atoms with Crippen LogP contribution in [0.5, 0.6) is 0 Å². The average molecular weight is 484 g/mol. The maximum absolute atomic E-state index is 11.9. The molecule has 4 atom stereocenters. The van der Waals surface area contributed by atoms with Crippen LogP contribution >= 0.6 is 0 Å². The molecule has 0 saturated carbocycles. The Bertz CT molecular complexity index is 1070. The highest BCUT2D eigenvalue weighted by atomic mass is 32.2. The number of pyridine rings is 2. The molecule has 0 amide bonds. The van der Waals surface area contributed by atoms with Crippen molar-refractivity contribution >= 4 is 27.9 Å². The van der Waals surface area contributed by atoms with Gasteiger partial charge in [0, 0.05) is 54.4 Å². The van der Waals surface area contributed by atoms with Gasteiger partial charge in [-0.25, -0.2) is 18.5 Å². The second-order valence-electron chi connectivity index (χ2n) is 6.83. The number of hydrogen-bond acceptors (Lipinski definition) is 7. The Kier molecular flexibility index (Phi) is 14.9. The van der Waals surface area contributed by atoms with E-state index in [0.29, 0.717) is 5.56 Å². The highest BCUT2D eigenvalue weighted by molar-refractivity contribution is 7.93. The Morgan fingerprint density at radius 1 is 0.938 bits per heavy atom. The van der Waals surface area contributed by atoms with Gasteiger partial charge in [0.2, 0.25) is 0 Å². The molecule has 32 heavy (non-hydrogen) atoms. The van der Waals surface area contributed by atoms with Gasteiger partial charge in [-0.3, -0.25) is 14.7 Å². The maximum Gasteiger partial charge on any atom is 0.199 e. The molecule has 2 heterocycles. The van der Waals surface area contributed by atoms with E-state index < -0.39 is 29.7 Å². The molecule has 4 unspecified atom stereocenters. The maximum atomic E-state index is 11.9. The summed E-state index contributed by atoms with van der Waals surface area (Å²) in [6.45, 7) is 7.17. The zero-order valence-corrected chi connectivity index (χ0v) is 19.6. The van der Waals surface area contributed by atoms with Gasteiger partial charge in [0.1, 0.15) is 14.2 Å². The van der Waals surface area contributed by atoms with Gasteiger partial charge in [0.15, 0.2) is 5.03 Å². The molecular formula is C20H35BN5O4S2. The molecule has 179 valence electrons. The molecule has 2 rings (SSSR count). The van der Waals surface area contributed by atoms with Crippen LogP contribution < -0.4 is 0 Å². The SMILES string of the molecule is C.C.Cc1ccc(C(C)S(C)(=N)=O)cn1.Cc1ccc(C(C)S(C)(=O)=N[N+](=O)[O-])cn1.[B]. The summed E-state index contributed by atoms with van der Waals surface area (Å²) in [5.41, 5.74) is 3.32. The van der Waals surface area contributed by atoms with Gasteiger partial charge in [-0.05, 0) is 51.0 Å². The highest BCUT2D eigenvalue weighted by Crippen LogP contribution is 2.22. The number of aromatic nitrogens is 2. The lowest BCUT2D eigenvalue weighted by atomic mass is 10.2. The predicted molar refractivity (Wildman–Crippen MR) is 134 cm³/mol. The molecule has 0 aliphatic rings. The first-order chi connectivity index (χ1) is 13.2. The monoisotopic (exact) mass is 484 g/mol. The molecule has 0 saturated heterocycles. The Balaban J connectivity index is -0.000000488. The number of rotatable bonds is 5. The molecule has 9 nitrogen and oxygen atoms in total. The van der Waals surface area contributed by atoms with E-state index in [-0.39, 0.29) is 28.5 Å². The predicted octanol–water partition coefficient (Wildman–Crippen LogP) is 4.76. The molecule has 0 bridgehead atoms. The van der Waals surface area contributed by atoms with Crippen molar-refractivity contribution < 1.29 is 13.5 Å². The second kappa shape index (κ2) is 13.9. The van der Waals surface area contributed by atoms with Crippen LogP contribution in [0, 0.1) is 28.7 Å². The van der Waals surface area contributed by atoms with E-state index in [1.165, 1.54) is 12.5 Å². The van der Waals surface area contributed by atoms with Crippen molar-refractivity contribution in [3.05, 3.63) is 69.3 Å². The molecule has 0 fully saturated rings. The Labute approximate surface area is 195 Å². The Morgan fingerprint density at radius 3 is 1.59 bits per heavy atom. The summed E-state index contributed by atoms with van der Waals surface area (Å²) in [5, 5.41) is 8.57. The summed E-state index contributed by atoms with van der Waals surface area (Å²) in [5.74, 6) is 0. The van der Waals surface area contributed by atoms with Crippen LogP contribution in [0.4, 0.5) is 0 Å². The highest BCUT2D eigenvalue weighted by Gasteiger charge is 2.20. The summed E-state index contributed by atoms with van der Waals surface area (Å²) in [4.78, 5) is 18.4. The molecule has 0 aromatic carbocycles. The van der Waals surface area contributed by atoms with Crippen molar-refractivity contribution in [3.63, 3.8) is 0 Å². The zero-order chi connectivity index (χ0) is 22.4. The lowest BCUT2D eigenvalue weighted by molar-refractivity contribution is -0.482. The number of nitrogens with zero attached hydrogens (tertiary/aromatic N) is 4. The molecule has 0 aliphatic carbocycles. The molecule has 0 aliphatic heterocycles. The average Bonchev–Trinajstić information content (AvgIpc) is 2.60. The molecule has 3 radical (unpaired) electrons. The molecule has 12 heteroatoms. The van der Waals surface area contributed by atoms with E-state index in [9.17, 15) is 18.5 Å².